The monoisotopic (exact) mass is 460 g/mol. The third kappa shape index (κ3) is 7.49. The number of ether oxygens (including phenoxy) is 4. The number of esters is 1. The maximum Gasteiger partial charge on any atom is 0.330 e. The molecule has 0 bridgehead atoms. The van der Waals surface area contributed by atoms with E-state index in [1.54, 1.807) is 7.11 Å². The second-order valence-corrected chi connectivity index (χ2v) is 7.85. The van der Waals surface area contributed by atoms with Crippen LogP contribution in [-0.4, -0.2) is 39.5 Å². The van der Waals surface area contributed by atoms with Gasteiger partial charge in [0, 0.05) is 32.6 Å². The number of aryl methyl sites for hydroxylation is 1. The van der Waals surface area contributed by atoms with Crippen LogP contribution in [0.3, 0.4) is 0 Å². The number of hydrogen-bond acceptors (Lipinski definition) is 5. The molecule has 0 saturated carbocycles. The van der Waals surface area contributed by atoms with Crippen LogP contribution in [0.2, 0.25) is 0 Å². The molecule has 0 saturated heterocycles. The van der Waals surface area contributed by atoms with E-state index in [1.807, 2.05) is 24.3 Å². The van der Waals surface area contributed by atoms with Crippen LogP contribution < -0.4 is 9.47 Å². The minimum absolute atomic E-state index is 0.318. The molecule has 5 heteroatoms. The van der Waals surface area contributed by atoms with Crippen molar-refractivity contribution < 1.29 is 23.7 Å². The fraction of sp³-hybridized carbons (Fsp3) is 0.276. The molecular formula is C29H32O5. The molecule has 3 aromatic carbocycles. The minimum Gasteiger partial charge on any atom is -0.494 e. The van der Waals surface area contributed by atoms with Crippen molar-refractivity contribution in [3.8, 4) is 33.8 Å². The van der Waals surface area contributed by atoms with Gasteiger partial charge in [-0.15, -0.1) is 0 Å². The zero-order chi connectivity index (χ0) is 24.2. The summed E-state index contributed by atoms with van der Waals surface area (Å²) >= 11 is 0. The summed E-state index contributed by atoms with van der Waals surface area (Å²) in [5.41, 5.74) is 5.85. The van der Waals surface area contributed by atoms with Gasteiger partial charge in [-0.05, 0) is 59.0 Å². The number of carbonyl (C=O) groups excluding carboxylic acids is 1. The molecule has 0 heterocycles. The first-order chi connectivity index (χ1) is 16.6. The Balaban J connectivity index is 1.56. The van der Waals surface area contributed by atoms with E-state index >= 15 is 0 Å². The average molecular weight is 461 g/mol. The average Bonchev–Trinajstić information content (AvgIpc) is 2.87. The summed E-state index contributed by atoms with van der Waals surface area (Å²) in [5, 5.41) is 0. The van der Waals surface area contributed by atoms with Gasteiger partial charge in [0.25, 0.3) is 0 Å². The third-order valence-electron chi connectivity index (χ3n) is 5.31. The Labute approximate surface area is 201 Å². The van der Waals surface area contributed by atoms with Gasteiger partial charge in [0.15, 0.2) is 0 Å². The number of benzene rings is 3. The number of carbonyl (C=O) groups is 1. The van der Waals surface area contributed by atoms with Crippen LogP contribution in [-0.2, 0) is 14.3 Å². The van der Waals surface area contributed by atoms with Crippen LogP contribution in [0.15, 0.2) is 79.4 Å². The molecule has 0 aromatic heterocycles. The van der Waals surface area contributed by atoms with Crippen molar-refractivity contribution in [3.63, 3.8) is 0 Å². The van der Waals surface area contributed by atoms with Crippen molar-refractivity contribution >= 4 is 5.97 Å². The first kappa shape index (κ1) is 25.1. The fourth-order valence-corrected chi connectivity index (χ4v) is 3.52. The molecule has 0 spiro atoms. The summed E-state index contributed by atoms with van der Waals surface area (Å²) < 4.78 is 21.5. The van der Waals surface area contributed by atoms with E-state index in [-0.39, 0.29) is 0 Å². The lowest BCUT2D eigenvalue weighted by molar-refractivity contribution is -0.137. The third-order valence-corrected chi connectivity index (χ3v) is 5.31. The molecule has 3 rings (SSSR count). The van der Waals surface area contributed by atoms with E-state index < -0.39 is 5.97 Å². The Hall–Kier alpha value is -3.57. The smallest absolute Gasteiger partial charge is 0.330 e. The van der Waals surface area contributed by atoms with Crippen molar-refractivity contribution in [3.05, 3.63) is 84.9 Å². The highest BCUT2D eigenvalue weighted by molar-refractivity contribution is 5.81. The molecule has 5 nitrogen and oxygen atoms in total. The Morgan fingerprint density at radius 1 is 0.765 bits per heavy atom. The zero-order valence-electron chi connectivity index (χ0n) is 19.9. The summed E-state index contributed by atoms with van der Waals surface area (Å²) in [7, 11) is 1.70. The summed E-state index contributed by atoms with van der Waals surface area (Å²) in [6, 6.07) is 22.7. The molecule has 34 heavy (non-hydrogen) atoms. The molecule has 3 aromatic rings. The number of rotatable bonds is 13. The lowest BCUT2D eigenvalue weighted by Gasteiger charge is -2.11. The van der Waals surface area contributed by atoms with Gasteiger partial charge in [-0.25, -0.2) is 4.79 Å². The lowest BCUT2D eigenvalue weighted by Crippen LogP contribution is -2.06. The normalized spacial score (nSPS) is 10.5. The van der Waals surface area contributed by atoms with Crippen molar-refractivity contribution in [2.45, 2.75) is 19.8 Å². The summed E-state index contributed by atoms with van der Waals surface area (Å²) in [6.45, 7) is 7.65. The molecule has 0 aliphatic heterocycles. The van der Waals surface area contributed by atoms with Crippen LogP contribution in [0.4, 0.5) is 0 Å². The van der Waals surface area contributed by atoms with Crippen LogP contribution in [0, 0.1) is 6.92 Å². The summed E-state index contributed by atoms with van der Waals surface area (Å²) in [6.07, 6.45) is 2.66. The van der Waals surface area contributed by atoms with Gasteiger partial charge in [0.1, 0.15) is 11.5 Å². The van der Waals surface area contributed by atoms with Gasteiger partial charge in [0.05, 0.1) is 19.8 Å². The molecule has 0 radical (unpaired) electrons. The number of hydrogen-bond donors (Lipinski definition) is 0. The van der Waals surface area contributed by atoms with Crippen molar-refractivity contribution in [2.24, 2.45) is 0 Å². The highest BCUT2D eigenvalue weighted by Gasteiger charge is 2.06. The second kappa shape index (κ2) is 13.2. The number of methoxy groups -OCH3 is 1. The van der Waals surface area contributed by atoms with E-state index in [1.165, 1.54) is 16.7 Å². The maximum atomic E-state index is 11.0. The molecule has 178 valence electrons. The second-order valence-electron chi connectivity index (χ2n) is 7.85. The predicted molar refractivity (Wildman–Crippen MR) is 135 cm³/mol. The van der Waals surface area contributed by atoms with E-state index in [0.717, 1.165) is 35.1 Å². The van der Waals surface area contributed by atoms with Crippen LogP contribution >= 0.6 is 0 Å². The minimum atomic E-state index is -0.412. The fourth-order valence-electron chi connectivity index (χ4n) is 3.52. The SMILES string of the molecule is C=CC(=O)OCCCOc1ccc(-c2ccc(-c3ccc(OCCCOC)cc3)cc2C)cc1. The van der Waals surface area contributed by atoms with Crippen molar-refractivity contribution in [2.75, 3.05) is 33.5 Å². The largest absolute Gasteiger partial charge is 0.494 e. The molecule has 0 fully saturated rings. The Morgan fingerprint density at radius 3 is 1.88 bits per heavy atom. The Morgan fingerprint density at radius 2 is 1.32 bits per heavy atom. The first-order valence-corrected chi connectivity index (χ1v) is 11.5. The van der Waals surface area contributed by atoms with Gasteiger partial charge in [-0.2, -0.15) is 0 Å². The summed E-state index contributed by atoms with van der Waals surface area (Å²) in [4.78, 5) is 11.0. The van der Waals surface area contributed by atoms with Gasteiger partial charge in [-0.1, -0.05) is 49.0 Å². The molecule has 0 unspecified atom stereocenters. The van der Waals surface area contributed by atoms with Crippen LogP contribution in [0.5, 0.6) is 11.5 Å². The van der Waals surface area contributed by atoms with Gasteiger partial charge in [0.2, 0.25) is 0 Å². The topological polar surface area (TPSA) is 54.0 Å². The standard InChI is InChI=1S/C29H32O5/c1-4-29(30)34-20-6-19-33-27-14-9-24(10-15-27)28-16-11-25(21-22(28)2)23-7-12-26(13-8-23)32-18-5-17-31-3/h4,7-16,21H,1,5-6,17-20H2,2-3H3. The molecule has 0 amide bonds. The van der Waals surface area contributed by atoms with Gasteiger partial charge < -0.3 is 18.9 Å². The van der Waals surface area contributed by atoms with E-state index in [9.17, 15) is 4.79 Å². The first-order valence-electron chi connectivity index (χ1n) is 11.5. The van der Waals surface area contributed by atoms with E-state index in [2.05, 4.69) is 56.0 Å². The summed E-state index contributed by atoms with van der Waals surface area (Å²) in [5.74, 6) is 1.25. The van der Waals surface area contributed by atoms with Crippen molar-refractivity contribution in [1.29, 1.82) is 0 Å². The molecular weight excluding hydrogens is 428 g/mol. The van der Waals surface area contributed by atoms with Gasteiger partial charge >= 0.3 is 5.97 Å². The van der Waals surface area contributed by atoms with E-state index in [4.69, 9.17) is 18.9 Å². The van der Waals surface area contributed by atoms with E-state index in [0.29, 0.717) is 32.8 Å². The highest BCUT2D eigenvalue weighted by atomic mass is 16.5. The zero-order valence-corrected chi connectivity index (χ0v) is 19.9. The quantitative estimate of drug-likeness (QED) is 0.172. The molecule has 0 N–H and O–H groups in total. The Kier molecular flexibility index (Phi) is 9.74. The highest BCUT2D eigenvalue weighted by Crippen LogP contribution is 2.30. The Bertz CT molecular complexity index is 1050. The molecule has 0 aliphatic rings. The lowest BCUT2D eigenvalue weighted by atomic mass is 9.96. The molecule has 0 atom stereocenters. The predicted octanol–water partition coefficient (Wildman–Crippen LogP) is 6.24. The van der Waals surface area contributed by atoms with Crippen LogP contribution in [0.1, 0.15) is 18.4 Å². The van der Waals surface area contributed by atoms with Crippen molar-refractivity contribution in [1.82, 2.24) is 0 Å². The van der Waals surface area contributed by atoms with Gasteiger partial charge in [-0.3, -0.25) is 0 Å². The maximum absolute atomic E-state index is 11.0. The van der Waals surface area contributed by atoms with Crippen LogP contribution in [0.25, 0.3) is 22.3 Å². The molecule has 0 aliphatic carbocycles.